The highest BCUT2D eigenvalue weighted by Gasteiger charge is 2.38. The van der Waals surface area contributed by atoms with Crippen LogP contribution in [0.1, 0.15) is 43.0 Å². The summed E-state index contributed by atoms with van der Waals surface area (Å²) in [5.74, 6) is 0.491. The van der Waals surface area contributed by atoms with E-state index in [-0.39, 0.29) is 30.9 Å². The SMILES string of the molecule is CCS(=O)(=O)C1CN(C(=O)c2ccc(OC3CCCC3)nc2)C1. The van der Waals surface area contributed by atoms with Crippen molar-refractivity contribution in [1.29, 1.82) is 0 Å². The molecule has 1 aliphatic heterocycles. The molecule has 6 nitrogen and oxygen atoms in total. The minimum absolute atomic E-state index is 0.119. The van der Waals surface area contributed by atoms with Gasteiger partial charge in [0.2, 0.25) is 5.88 Å². The third kappa shape index (κ3) is 3.49. The second-order valence-electron chi connectivity index (χ2n) is 6.19. The molecule has 0 aromatic carbocycles. The predicted octanol–water partition coefficient (Wildman–Crippen LogP) is 1.66. The van der Waals surface area contributed by atoms with Crippen LogP contribution in [0, 0.1) is 0 Å². The maximum Gasteiger partial charge on any atom is 0.255 e. The molecule has 7 heteroatoms. The molecule has 2 heterocycles. The van der Waals surface area contributed by atoms with Gasteiger partial charge in [-0.25, -0.2) is 13.4 Å². The zero-order chi connectivity index (χ0) is 16.4. The van der Waals surface area contributed by atoms with Crippen molar-refractivity contribution in [1.82, 2.24) is 9.88 Å². The van der Waals surface area contributed by atoms with Crippen molar-refractivity contribution in [3.05, 3.63) is 23.9 Å². The number of hydrogen-bond acceptors (Lipinski definition) is 5. The lowest BCUT2D eigenvalue weighted by Gasteiger charge is -2.38. The third-order valence-electron chi connectivity index (χ3n) is 4.62. The van der Waals surface area contributed by atoms with E-state index in [2.05, 4.69) is 4.98 Å². The molecule has 3 rings (SSSR count). The van der Waals surface area contributed by atoms with Gasteiger partial charge in [-0.2, -0.15) is 0 Å². The van der Waals surface area contributed by atoms with Crippen LogP contribution in [0.15, 0.2) is 18.3 Å². The number of likely N-dealkylation sites (tertiary alicyclic amines) is 1. The summed E-state index contributed by atoms with van der Waals surface area (Å²) in [6, 6.07) is 3.41. The van der Waals surface area contributed by atoms with Crippen LogP contribution in [-0.2, 0) is 9.84 Å². The fourth-order valence-electron chi connectivity index (χ4n) is 3.00. The van der Waals surface area contributed by atoms with E-state index in [0.717, 1.165) is 12.8 Å². The minimum atomic E-state index is -3.06. The summed E-state index contributed by atoms with van der Waals surface area (Å²) in [5, 5.41) is -0.422. The first kappa shape index (κ1) is 16.2. The first-order chi connectivity index (χ1) is 11.0. The largest absolute Gasteiger partial charge is 0.474 e. The Bertz CT molecular complexity index is 660. The average molecular weight is 338 g/mol. The van der Waals surface area contributed by atoms with Gasteiger partial charge in [0, 0.05) is 31.1 Å². The molecule has 1 aromatic heterocycles. The summed E-state index contributed by atoms with van der Waals surface area (Å²) in [6.07, 6.45) is 6.25. The van der Waals surface area contributed by atoms with Crippen molar-refractivity contribution in [2.75, 3.05) is 18.8 Å². The number of nitrogens with zero attached hydrogens (tertiary/aromatic N) is 2. The van der Waals surface area contributed by atoms with E-state index in [1.54, 1.807) is 24.0 Å². The van der Waals surface area contributed by atoms with Gasteiger partial charge in [0.15, 0.2) is 9.84 Å². The van der Waals surface area contributed by atoms with Gasteiger partial charge in [-0.3, -0.25) is 4.79 Å². The highest BCUT2D eigenvalue weighted by Crippen LogP contribution is 2.24. The van der Waals surface area contributed by atoms with Gasteiger partial charge in [0.05, 0.1) is 10.8 Å². The van der Waals surface area contributed by atoms with Gasteiger partial charge < -0.3 is 9.64 Å². The fraction of sp³-hybridized carbons (Fsp3) is 0.625. The molecule has 0 N–H and O–H groups in total. The van der Waals surface area contributed by atoms with E-state index in [9.17, 15) is 13.2 Å². The van der Waals surface area contributed by atoms with E-state index in [1.165, 1.54) is 19.0 Å². The number of ether oxygens (including phenoxy) is 1. The number of sulfone groups is 1. The van der Waals surface area contributed by atoms with Gasteiger partial charge in [0.25, 0.3) is 5.91 Å². The number of carbonyl (C=O) groups excluding carboxylic acids is 1. The van der Waals surface area contributed by atoms with Crippen molar-refractivity contribution in [2.45, 2.75) is 44.0 Å². The van der Waals surface area contributed by atoms with E-state index in [1.807, 2.05) is 0 Å². The van der Waals surface area contributed by atoms with Gasteiger partial charge in [-0.1, -0.05) is 6.92 Å². The maximum atomic E-state index is 12.3. The molecular weight excluding hydrogens is 316 g/mol. The molecule has 2 aliphatic rings. The van der Waals surface area contributed by atoms with Gasteiger partial charge in [-0.05, 0) is 31.7 Å². The summed E-state index contributed by atoms with van der Waals surface area (Å²) in [7, 11) is -3.06. The zero-order valence-corrected chi connectivity index (χ0v) is 14.1. The van der Waals surface area contributed by atoms with Crippen LogP contribution in [0.25, 0.3) is 0 Å². The summed E-state index contributed by atoms with van der Waals surface area (Å²) in [6.45, 7) is 2.18. The second kappa shape index (κ2) is 6.47. The summed E-state index contributed by atoms with van der Waals surface area (Å²) >= 11 is 0. The molecule has 23 heavy (non-hydrogen) atoms. The Kier molecular flexibility index (Phi) is 4.57. The first-order valence-corrected chi connectivity index (χ1v) is 9.84. The third-order valence-corrected chi connectivity index (χ3v) is 6.74. The minimum Gasteiger partial charge on any atom is -0.474 e. The van der Waals surface area contributed by atoms with Crippen LogP contribution in [0.4, 0.5) is 0 Å². The average Bonchev–Trinajstić information content (AvgIpc) is 2.99. The number of hydrogen-bond donors (Lipinski definition) is 0. The van der Waals surface area contributed by atoms with Crippen LogP contribution in [-0.4, -0.2) is 54.4 Å². The Morgan fingerprint density at radius 3 is 2.57 bits per heavy atom. The van der Waals surface area contributed by atoms with E-state index < -0.39 is 15.1 Å². The molecule has 1 saturated heterocycles. The van der Waals surface area contributed by atoms with Crippen LogP contribution in [0.5, 0.6) is 5.88 Å². The number of amides is 1. The molecule has 2 fully saturated rings. The molecule has 1 amide bonds. The molecule has 0 spiro atoms. The highest BCUT2D eigenvalue weighted by atomic mass is 32.2. The smallest absolute Gasteiger partial charge is 0.255 e. The fourth-order valence-corrected chi connectivity index (χ4v) is 4.29. The number of carbonyl (C=O) groups is 1. The molecule has 1 aliphatic carbocycles. The molecule has 1 aromatic rings. The first-order valence-electron chi connectivity index (χ1n) is 8.13. The highest BCUT2D eigenvalue weighted by molar-refractivity contribution is 7.92. The molecule has 0 atom stereocenters. The lowest BCUT2D eigenvalue weighted by Crippen LogP contribution is -2.57. The molecule has 0 unspecified atom stereocenters. The van der Waals surface area contributed by atoms with Crippen molar-refractivity contribution in [2.24, 2.45) is 0 Å². The van der Waals surface area contributed by atoms with Gasteiger partial charge in [-0.15, -0.1) is 0 Å². The quantitative estimate of drug-likeness (QED) is 0.816. The summed E-state index contributed by atoms with van der Waals surface area (Å²) in [4.78, 5) is 18.0. The number of pyridine rings is 1. The second-order valence-corrected chi connectivity index (χ2v) is 8.76. The number of rotatable bonds is 5. The molecule has 1 saturated carbocycles. The summed E-state index contributed by atoms with van der Waals surface area (Å²) < 4.78 is 29.2. The van der Waals surface area contributed by atoms with Crippen LogP contribution in [0.2, 0.25) is 0 Å². The Hall–Kier alpha value is -1.63. The van der Waals surface area contributed by atoms with E-state index in [4.69, 9.17) is 4.74 Å². The lowest BCUT2D eigenvalue weighted by atomic mass is 10.1. The van der Waals surface area contributed by atoms with Gasteiger partial charge >= 0.3 is 0 Å². The molecular formula is C16H22N2O4S. The molecule has 126 valence electrons. The van der Waals surface area contributed by atoms with Crippen LogP contribution >= 0.6 is 0 Å². The topological polar surface area (TPSA) is 76.6 Å². The predicted molar refractivity (Wildman–Crippen MR) is 86.3 cm³/mol. The Balaban J connectivity index is 1.56. The maximum absolute atomic E-state index is 12.3. The monoisotopic (exact) mass is 338 g/mol. The van der Waals surface area contributed by atoms with Crippen molar-refractivity contribution < 1.29 is 17.9 Å². The Morgan fingerprint density at radius 1 is 1.30 bits per heavy atom. The Morgan fingerprint density at radius 2 is 2.00 bits per heavy atom. The van der Waals surface area contributed by atoms with Gasteiger partial charge in [0.1, 0.15) is 6.10 Å². The Labute approximate surface area is 136 Å². The van der Waals surface area contributed by atoms with Crippen molar-refractivity contribution in [3.8, 4) is 5.88 Å². The normalized spacial score (nSPS) is 19.6. The van der Waals surface area contributed by atoms with Crippen LogP contribution in [0.3, 0.4) is 0 Å². The van der Waals surface area contributed by atoms with Crippen molar-refractivity contribution >= 4 is 15.7 Å². The summed E-state index contributed by atoms with van der Waals surface area (Å²) in [5.41, 5.74) is 0.469. The van der Waals surface area contributed by atoms with E-state index >= 15 is 0 Å². The lowest BCUT2D eigenvalue weighted by molar-refractivity contribution is 0.0658. The van der Waals surface area contributed by atoms with Crippen molar-refractivity contribution in [3.63, 3.8) is 0 Å². The number of aromatic nitrogens is 1. The zero-order valence-electron chi connectivity index (χ0n) is 13.3. The standard InChI is InChI=1S/C16H22N2O4S/c1-2-23(20,21)14-10-18(11-14)16(19)12-7-8-15(17-9-12)22-13-5-3-4-6-13/h7-9,13-14H,2-6,10-11H2,1H3. The molecule has 0 bridgehead atoms. The van der Waals surface area contributed by atoms with Crippen LogP contribution < -0.4 is 4.74 Å². The molecule has 0 radical (unpaired) electrons. The van der Waals surface area contributed by atoms with E-state index in [0.29, 0.717) is 11.4 Å².